The molecule has 1 N–H and O–H groups in total. The second-order valence-electron chi connectivity index (χ2n) is 4.06. The lowest BCUT2D eigenvalue weighted by Gasteiger charge is -2.09. The molecule has 0 amide bonds. The van der Waals surface area contributed by atoms with Gasteiger partial charge in [0, 0.05) is 12.0 Å². The van der Waals surface area contributed by atoms with E-state index >= 15 is 0 Å². The number of Topliss-reactive ketones (excluding diaryl/α,β-unsaturated/α-hetero) is 1. The molecule has 18 heavy (non-hydrogen) atoms. The first-order valence-corrected chi connectivity index (χ1v) is 6.11. The molecule has 2 aromatic carbocycles. The van der Waals surface area contributed by atoms with E-state index in [2.05, 4.69) is 0 Å². The van der Waals surface area contributed by atoms with Gasteiger partial charge in [-0.15, -0.1) is 11.6 Å². The van der Waals surface area contributed by atoms with Crippen LogP contribution in [0.5, 0.6) is 5.75 Å². The summed E-state index contributed by atoms with van der Waals surface area (Å²) in [6.07, 6.45) is 0.217. The Kier molecular flexibility index (Phi) is 4.00. The van der Waals surface area contributed by atoms with Crippen LogP contribution in [0.4, 0.5) is 0 Å². The number of carbonyl (C=O) groups is 1. The fraction of sp³-hybridized carbons (Fsp3) is 0.133. The van der Waals surface area contributed by atoms with Crippen molar-refractivity contribution in [2.45, 2.75) is 11.8 Å². The lowest BCUT2D eigenvalue weighted by molar-refractivity contribution is 0.0981. The summed E-state index contributed by atoms with van der Waals surface area (Å²) in [4.78, 5) is 12.0. The molecule has 2 nitrogen and oxygen atoms in total. The van der Waals surface area contributed by atoms with Gasteiger partial charge in [-0.25, -0.2) is 0 Å². The van der Waals surface area contributed by atoms with Crippen molar-refractivity contribution in [2.24, 2.45) is 0 Å². The Morgan fingerprint density at radius 2 is 1.83 bits per heavy atom. The number of rotatable bonds is 4. The van der Waals surface area contributed by atoms with Gasteiger partial charge in [-0.3, -0.25) is 4.79 Å². The largest absolute Gasteiger partial charge is 0.508 e. The number of alkyl halides is 1. The van der Waals surface area contributed by atoms with Gasteiger partial charge < -0.3 is 5.11 Å². The highest BCUT2D eigenvalue weighted by atomic mass is 35.5. The summed E-state index contributed by atoms with van der Waals surface area (Å²) in [6.45, 7) is 0. The number of benzene rings is 2. The molecule has 0 aliphatic rings. The summed E-state index contributed by atoms with van der Waals surface area (Å²) in [7, 11) is 0. The first-order chi connectivity index (χ1) is 8.66. The number of phenols is 1. The zero-order valence-corrected chi connectivity index (χ0v) is 10.5. The summed E-state index contributed by atoms with van der Waals surface area (Å²) >= 11 is 6.19. The lowest BCUT2D eigenvalue weighted by atomic mass is 10.0. The van der Waals surface area contributed by atoms with Gasteiger partial charge in [0.2, 0.25) is 0 Å². The van der Waals surface area contributed by atoms with Gasteiger partial charge in [-0.2, -0.15) is 0 Å². The predicted octanol–water partition coefficient (Wildman–Crippen LogP) is 3.95. The molecule has 0 saturated heterocycles. The van der Waals surface area contributed by atoms with Gasteiger partial charge in [0.25, 0.3) is 0 Å². The van der Waals surface area contributed by atoms with E-state index in [4.69, 9.17) is 11.6 Å². The predicted molar refractivity (Wildman–Crippen MR) is 72.1 cm³/mol. The van der Waals surface area contributed by atoms with E-state index in [9.17, 15) is 9.90 Å². The van der Waals surface area contributed by atoms with Crippen LogP contribution in [0.25, 0.3) is 0 Å². The Bertz CT molecular complexity index is 537. The van der Waals surface area contributed by atoms with Gasteiger partial charge >= 0.3 is 0 Å². The van der Waals surface area contributed by atoms with E-state index in [-0.39, 0.29) is 18.0 Å². The van der Waals surface area contributed by atoms with Crippen LogP contribution in [0.3, 0.4) is 0 Å². The van der Waals surface area contributed by atoms with Crippen LogP contribution < -0.4 is 0 Å². The maximum Gasteiger partial charge on any atom is 0.164 e. The SMILES string of the molecule is O=C(CC(Cl)c1cccc(O)c1)c1ccccc1. The number of ketones is 1. The molecule has 0 aliphatic heterocycles. The van der Waals surface area contributed by atoms with Crippen molar-refractivity contribution in [2.75, 3.05) is 0 Å². The molecule has 0 spiro atoms. The minimum absolute atomic E-state index is 0.000979. The van der Waals surface area contributed by atoms with Crippen molar-refractivity contribution in [1.82, 2.24) is 0 Å². The monoisotopic (exact) mass is 260 g/mol. The smallest absolute Gasteiger partial charge is 0.164 e. The fourth-order valence-corrected chi connectivity index (χ4v) is 2.02. The van der Waals surface area contributed by atoms with Gasteiger partial charge in [0.1, 0.15) is 5.75 Å². The van der Waals surface area contributed by atoms with E-state index < -0.39 is 5.38 Å². The standard InChI is InChI=1S/C15H13ClO2/c16-14(12-7-4-8-13(17)9-12)10-15(18)11-5-2-1-3-6-11/h1-9,14,17H,10H2. The molecule has 2 rings (SSSR count). The van der Waals surface area contributed by atoms with Crippen LogP contribution >= 0.6 is 11.6 Å². The summed E-state index contributed by atoms with van der Waals surface area (Å²) in [6, 6.07) is 15.7. The van der Waals surface area contributed by atoms with Crippen molar-refractivity contribution < 1.29 is 9.90 Å². The van der Waals surface area contributed by atoms with Crippen LogP contribution in [0.1, 0.15) is 27.7 Å². The highest BCUT2D eigenvalue weighted by Crippen LogP contribution is 2.28. The molecule has 0 heterocycles. The number of carbonyl (C=O) groups excluding carboxylic acids is 1. The highest BCUT2D eigenvalue weighted by Gasteiger charge is 2.14. The molecule has 2 aromatic rings. The maximum atomic E-state index is 12.0. The average molecular weight is 261 g/mol. The summed E-state index contributed by atoms with van der Waals surface area (Å²) < 4.78 is 0. The molecule has 1 atom stereocenters. The van der Waals surface area contributed by atoms with Crippen LogP contribution in [0, 0.1) is 0 Å². The summed E-state index contributed by atoms with van der Waals surface area (Å²) in [5, 5.41) is 8.94. The van der Waals surface area contributed by atoms with Gasteiger partial charge in [-0.1, -0.05) is 42.5 Å². The van der Waals surface area contributed by atoms with Crippen molar-refractivity contribution >= 4 is 17.4 Å². The Balaban J connectivity index is 2.08. The first-order valence-electron chi connectivity index (χ1n) is 5.68. The minimum atomic E-state index is -0.426. The molecule has 1 unspecified atom stereocenters. The zero-order valence-electron chi connectivity index (χ0n) is 9.71. The van der Waals surface area contributed by atoms with Crippen molar-refractivity contribution in [3.8, 4) is 5.75 Å². The molecule has 0 radical (unpaired) electrons. The summed E-state index contributed by atoms with van der Waals surface area (Å²) in [5.74, 6) is 0.157. The molecular weight excluding hydrogens is 248 g/mol. The van der Waals surface area contributed by atoms with Gasteiger partial charge in [-0.05, 0) is 17.7 Å². The molecule has 0 aromatic heterocycles. The third-order valence-electron chi connectivity index (χ3n) is 2.69. The van der Waals surface area contributed by atoms with Gasteiger partial charge in [0.05, 0.1) is 5.38 Å². The fourth-order valence-electron chi connectivity index (χ4n) is 1.74. The Morgan fingerprint density at radius 3 is 2.50 bits per heavy atom. The molecule has 0 bridgehead atoms. The number of halogens is 1. The van der Waals surface area contributed by atoms with Crippen molar-refractivity contribution in [3.05, 3.63) is 65.7 Å². The van der Waals surface area contributed by atoms with E-state index in [0.29, 0.717) is 5.56 Å². The van der Waals surface area contributed by atoms with E-state index in [1.807, 2.05) is 18.2 Å². The third kappa shape index (κ3) is 3.11. The lowest BCUT2D eigenvalue weighted by Crippen LogP contribution is -2.03. The van der Waals surface area contributed by atoms with Crippen LogP contribution in [0.15, 0.2) is 54.6 Å². The molecule has 0 fully saturated rings. The molecule has 3 heteroatoms. The average Bonchev–Trinajstić information content (AvgIpc) is 2.39. The van der Waals surface area contributed by atoms with Crippen molar-refractivity contribution in [3.63, 3.8) is 0 Å². The molecular formula is C15H13ClO2. The Hall–Kier alpha value is -1.80. The topological polar surface area (TPSA) is 37.3 Å². The summed E-state index contributed by atoms with van der Waals surface area (Å²) in [5.41, 5.74) is 1.41. The van der Waals surface area contributed by atoms with Crippen molar-refractivity contribution in [1.29, 1.82) is 0 Å². The zero-order chi connectivity index (χ0) is 13.0. The van der Waals surface area contributed by atoms with Crippen LogP contribution in [-0.2, 0) is 0 Å². The number of hydrogen-bond acceptors (Lipinski definition) is 2. The third-order valence-corrected chi connectivity index (χ3v) is 3.10. The Labute approximate surface area is 111 Å². The highest BCUT2D eigenvalue weighted by molar-refractivity contribution is 6.22. The number of aromatic hydroxyl groups is 1. The van der Waals surface area contributed by atoms with Crippen LogP contribution in [-0.4, -0.2) is 10.9 Å². The number of hydrogen-bond donors (Lipinski definition) is 1. The quantitative estimate of drug-likeness (QED) is 0.668. The van der Waals surface area contributed by atoms with E-state index in [1.165, 1.54) is 0 Å². The molecule has 0 saturated carbocycles. The molecule has 0 aliphatic carbocycles. The number of phenolic OH excluding ortho intramolecular Hbond substituents is 1. The van der Waals surface area contributed by atoms with E-state index in [1.54, 1.807) is 36.4 Å². The first kappa shape index (κ1) is 12.7. The second-order valence-corrected chi connectivity index (χ2v) is 4.58. The van der Waals surface area contributed by atoms with Crippen LogP contribution in [0.2, 0.25) is 0 Å². The Morgan fingerprint density at radius 1 is 1.11 bits per heavy atom. The molecule has 92 valence electrons. The minimum Gasteiger partial charge on any atom is -0.508 e. The second kappa shape index (κ2) is 5.69. The van der Waals surface area contributed by atoms with Gasteiger partial charge in [0.15, 0.2) is 5.78 Å². The maximum absolute atomic E-state index is 12.0. The van der Waals surface area contributed by atoms with E-state index in [0.717, 1.165) is 5.56 Å². The normalized spacial score (nSPS) is 12.1.